The van der Waals surface area contributed by atoms with Gasteiger partial charge in [-0.15, -0.1) is 0 Å². The second-order valence-electron chi connectivity index (χ2n) is 7.37. The maximum atomic E-state index is 12.9. The third-order valence-electron chi connectivity index (χ3n) is 5.16. The molecule has 10 heteroatoms. The van der Waals surface area contributed by atoms with Gasteiger partial charge in [-0.2, -0.15) is 13.2 Å². The minimum atomic E-state index is -4.32. The van der Waals surface area contributed by atoms with Crippen LogP contribution in [0.4, 0.5) is 18.9 Å². The van der Waals surface area contributed by atoms with Crippen LogP contribution in [0.3, 0.4) is 0 Å². The van der Waals surface area contributed by atoms with Crippen molar-refractivity contribution in [3.63, 3.8) is 0 Å². The number of likely N-dealkylation sites (tertiary alicyclic amines) is 1. The van der Waals surface area contributed by atoms with E-state index >= 15 is 0 Å². The number of nitrogens with zero attached hydrogens (tertiary/aromatic N) is 1. The summed E-state index contributed by atoms with van der Waals surface area (Å²) in [5, 5.41) is 0. The van der Waals surface area contributed by atoms with Crippen LogP contribution in [0.15, 0.2) is 59.5 Å². The molecular weight excluding hydrogens is 445 g/mol. The number of piperidine rings is 1. The highest BCUT2D eigenvalue weighted by molar-refractivity contribution is 7.92. The monoisotopic (exact) mass is 468 g/mol. The number of halogens is 3. The van der Waals surface area contributed by atoms with E-state index in [1.54, 1.807) is 24.3 Å². The Morgan fingerprint density at radius 3 is 2.50 bits per heavy atom. The van der Waals surface area contributed by atoms with Gasteiger partial charge in [0.05, 0.1) is 23.6 Å². The summed E-state index contributed by atoms with van der Waals surface area (Å²) in [5.74, 6) is -1.64. The van der Waals surface area contributed by atoms with E-state index in [-0.39, 0.29) is 24.4 Å². The van der Waals surface area contributed by atoms with Gasteiger partial charge >= 0.3 is 6.18 Å². The number of hydrogen-bond acceptors (Lipinski definition) is 4. The van der Waals surface area contributed by atoms with Gasteiger partial charge in [-0.1, -0.05) is 24.3 Å². The van der Waals surface area contributed by atoms with Gasteiger partial charge in [-0.25, -0.2) is 8.42 Å². The Kier molecular flexibility index (Phi) is 7.12. The normalized spacial score (nSPS) is 17.4. The fraction of sp³-hybridized carbons (Fsp3) is 0.318. The highest BCUT2D eigenvalue weighted by Crippen LogP contribution is 2.33. The molecule has 6 nitrogen and oxygen atoms in total. The lowest BCUT2D eigenvalue weighted by Gasteiger charge is -2.33. The summed E-state index contributed by atoms with van der Waals surface area (Å²) in [7, 11) is -2.43. The largest absolute Gasteiger partial charge is 0.495 e. The maximum Gasteiger partial charge on any atom is 0.393 e. The first kappa shape index (κ1) is 23.6. The summed E-state index contributed by atoms with van der Waals surface area (Å²) < 4.78 is 71.6. The van der Waals surface area contributed by atoms with Crippen LogP contribution in [0.2, 0.25) is 0 Å². The van der Waals surface area contributed by atoms with Crippen LogP contribution in [0.5, 0.6) is 5.75 Å². The van der Waals surface area contributed by atoms with Crippen molar-refractivity contribution in [2.45, 2.75) is 23.9 Å². The topological polar surface area (TPSA) is 75.7 Å². The molecule has 1 fully saturated rings. The summed E-state index contributed by atoms with van der Waals surface area (Å²) in [6, 6.07) is 12.4. The standard InChI is InChI=1S/C22H23F3N2O4S/c1-31-20-7-3-2-6-19(20)26-32(29,30)18-11-8-16(9-12-18)10-13-21(28)27-14-4-5-17(15-27)22(23,24)25/h2-3,6-13,17,26H,4-5,14-15H2,1H3/b13-10+. The zero-order valence-corrected chi connectivity index (χ0v) is 18.1. The van der Waals surface area contributed by atoms with E-state index in [4.69, 9.17) is 4.74 Å². The van der Waals surface area contributed by atoms with Gasteiger partial charge < -0.3 is 9.64 Å². The number of carbonyl (C=O) groups is 1. The molecule has 1 atom stereocenters. The lowest BCUT2D eigenvalue weighted by molar-refractivity contribution is -0.187. The number of benzene rings is 2. The molecule has 1 heterocycles. The Morgan fingerprint density at radius 2 is 1.84 bits per heavy atom. The molecule has 2 aromatic carbocycles. The lowest BCUT2D eigenvalue weighted by Crippen LogP contribution is -2.44. The summed E-state index contributed by atoms with van der Waals surface area (Å²) in [6.45, 7) is -0.0694. The molecule has 2 aromatic rings. The minimum absolute atomic E-state index is 0.0101. The molecule has 0 aliphatic carbocycles. The highest BCUT2D eigenvalue weighted by Gasteiger charge is 2.42. The first-order chi connectivity index (χ1) is 15.1. The van der Waals surface area contributed by atoms with Crippen LogP contribution in [0.1, 0.15) is 18.4 Å². The Labute approximate surface area is 184 Å². The lowest BCUT2D eigenvalue weighted by atomic mass is 9.97. The molecule has 1 saturated heterocycles. The zero-order valence-electron chi connectivity index (χ0n) is 17.3. The van der Waals surface area contributed by atoms with Crippen molar-refractivity contribution in [3.8, 4) is 5.75 Å². The average molecular weight is 468 g/mol. The number of nitrogens with one attached hydrogen (secondary N) is 1. The Hall–Kier alpha value is -3.01. The fourth-order valence-electron chi connectivity index (χ4n) is 3.41. The predicted octanol–water partition coefficient (Wildman–Crippen LogP) is 4.31. The summed E-state index contributed by atoms with van der Waals surface area (Å²) in [5.41, 5.74) is 0.835. The molecular formula is C22H23F3N2O4S. The number of amides is 1. The molecule has 3 rings (SSSR count). The van der Waals surface area contributed by atoms with Crippen LogP contribution in [-0.2, 0) is 14.8 Å². The van der Waals surface area contributed by atoms with Crippen LogP contribution >= 0.6 is 0 Å². The second kappa shape index (κ2) is 9.64. The van der Waals surface area contributed by atoms with Gasteiger partial charge in [0.15, 0.2) is 0 Å². The van der Waals surface area contributed by atoms with Crippen molar-refractivity contribution in [1.82, 2.24) is 4.90 Å². The van der Waals surface area contributed by atoms with Gasteiger partial charge in [-0.05, 0) is 48.7 Å². The molecule has 0 bridgehead atoms. The van der Waals surface area contributed by atoms with E-state index < -0.39 is 28.0 Å². The number of hydrogen-bond donors (Lipinski definition) is 1. The third kappa shape index (κ3) is 5.82. The van der Waals surface area contributed by atoms with Gasteiger partial charge in [0.2, 0.25) is 5.91 Å². The van der Waals surface area contributed by atoms with Crippen LogP contribution in [0, 0.1) is 5.92 Å². The molecule has 0 spiro atoms. The van der Waals surface area contributed by atoms with E-state index in [0.29, 0.717) is 23.4 Å². The number of anilines is 1. The van der Waals surface area contributed by atoms with E-state index in [1.807, 2.05) is 0 Å². The number of rotatable bonds is 6. The number of ether oxygens (including phenoxy) is 1. The maximum absolute atomic E-state index is 12.9. The van der Waals surface area contributed by atoms with E-state index in [9.17, 15) is 26.4 Å². The van der Waals surface area contributed by atoms with E-state index in [0.717, 1.165) is 0 Å². The van der Waals surface area contributed by atoms with Crippen molar-refractivity contribution in [1.29, 1.82) is 0 Å². The summed E-state index contributed by atoms with van der Waals surface area (Å²) in [6.07, 6.45) is -1.34. The number of alkyl halides is 3. The highest BCUT2D eigenvalue weighted by atomic mass is 32.2. The van der Waals surface area contributed by atoms with Crippen LogP contribution in [-0.4, -0.2) is 45.6 Å². The number of carbonyl (C=O) groups excluding carboxylic acids is 1. The Morgan fingerprint density at radius 1 is 1.16 bits per heavy atom. The van der Waals surface area contributed by atoms with Crippen molar-refractivity contribution < 1.29 is 31.1 Å². The summed E-state index contributed by atoms with van der Waals surface area (Å²) in [4.78, 5) is 13.5. The number of sulfonamides is 1. The van der Waals surface area contributed by atoms with Gasteiger partial charge in [0.25, 0.3) is 10.0 Å². The first-order valence-corrected chi connectivity index (χ1v) is 11.4. The van der Waals surface area contributed by atoms with Gasteiger partial charge in [-0.3, -0.25) is 9.52 Å². The predicted molar refractivity (Wildman–Crippen MR) is 115 cm³/mol. The Balaban J connectivity index is 1.66. The van der Waals surface area contributed by atoms with Crippen molar-refractivity contribution in [2.75, 3.05) is 24.9 Å². The van der Waals surface area contributed by atoms with Crippen molar-refractivity contribution >= 4 is 27.7 Å². The van der Waals surface area contributed by atoms with E-state index in [2.05, 4.69) is 4.72 Å². The first-order valence-electron chi connectivity index (χ1n) is 9.90. The Bertz CT molecular complexity index is 1080. The molecule has 1 unspecified atom stereocenters. The quantitative estimate of drug-likeness (QED) is 0.641. The molecule has 1 N–H and O–H groups in total. The summed E-state index contributed by atoms with van der Waals surface area (Å²) >= 11 is 0. The molecule has 0 radical (unpaired) electrons. The van der Waals surface area contributed by atoms with Gasteiger partial charge in [0, 0.05) is 19.2 Å². The minimum Gasteiger partial charge on any atom is -0.495 e. The molecule has 32 heavy (non-hydrogen) atoms. The molecule has 1 aliphatic heterocycles. The van der Waals surface area contributed by atoms with Crippen LogP contribution < -0.4 is 9.46 Å². The number of para-hydroxylation sites is 2. The fourth-order valence-corrected chi connectivity index (χ4v) is 4.48. The van der Waals surface area contributed by atoms with Crippen molar-refractivity contribution in [2.24, 2.45) is 5.92 Å². The molecule has 0 aromatic heterocycles. The van der Waals surface area contributed by atoms with Crippen LogP contribution in [0.25, 0.3) is 6.08 Å². The SMILES string of the molecule is COc1ccccc1NS(=O)(=O)c1ccc(/C=C/C(=O)N2CCCC(C(F)(F)F)C2)cc1. The zero-order chi connectivity index (χ0) is 23.4. The average Bonchev–Trinajstić information content (AvgIpc) is 2.77. The number of methoxy groups -OCH3 is 1. The van der Waals surface area contributed by atoms with Crippen molar-refractivity contribution in [3.05, 3.63) is 60.2 Å². The second-order valence-corrected chi connectivity index (χ2v) is 9.06. The molecule has 1 aliphatic rings. The third-order valence-corrected chi connectivity index (χ3v) is 6.54. The van der Waals surface area contributed by atoms with E-state index in [1.165, 1.54) is 48.4 Å². The smallest absolute Gasteiger partial charge is 0.393 e. The van der Waals surface area contributed by atoms with Gasteiger partial charge in [0.1, 0.15) is 5.75 Å². The molecule has 1 amide bonds. The molecule has 172 valence electrons. The molecule has 0 saturated carbocycles.